The Kier molecular flexibility index (Phi) is 6.08. The Morgan fingerprint density at radius 1 is 1.48 bits per heavy atom. The number of allylic oxidation sites excluding steroid dienone is 1. The summed E-state index contributed by atoms with van der Waals surface area (Å²) in [4.78, 5) is 12.3. The summed E-state index contributed by atoms with van der Waals surface area (Å²) in [5.74, 6) is -0.557. The van der Waals surface area contributed by atoms with Gasteiger partial charge >= 0.3 is 5.97 Å². The highest BCUT2D eigenvalue weighted by Gasteiger charge is 2.26. The Bertz CT molecular complexity index is 832. The molecule has 0 spiro atoms. The number of nitrogens with two attached hydrogens (primary N) is 1. The first-order valence-electron chi connectivity index (χ1n) is 6.43. The fourth-order valence-electron chi connectivity index (χ4n) is 2.36. The van der Waals surface area contributed by atoms with Gasteiger partial charge in [-0.3, -0.25) is 0 Å². The molecule has 0 amide bonds. The van der Waals surface area contributed by atoms with E-state index in [4.69, 9.17) is 33.7 Å². The van der Waals surface area contributed by atoms with Crippen LogP contribution in [0.25, 0.3) is 16.5 Å². The number of rotatable bonds is 3. The number of carbonyl (C=O) groups excluding carboxylic acids is 1. The molecule has 0 aliphatic carbocycles. The number of nitriles is 1. The van der Waals surface area contributed by atoms with Crippen molar-refractivity contribution < 1.29 is 9.53 Å². The summed E-state index contributed by atoms with van der Waals surface area (Å²) >= 11 is 12.3. The maximum Gasteiger partial charge on any atom is 0.355 e. The Labute approximate surface area is 144 Å². The van der Waals surface area contributed by atoms with E-state index in [2.05, 4.69) is 0 Å². The van der Waals surface area contributed by atoms with Crippen LogP contribution in [0.15, 0.2) is 18.3 Å². The van der Waals surface area contributed by atoms with Gasteiger partial charge in [0.2, 0.25) is 0 Å². The number of carbonyl (C=O) groups is 1. The summed E-state index contributed by atoms with van der Waals surface area (Å²) in [6.45, 7) is 1.91. The van der Waals surface area contributed by atoms with Gasteiger partial charge in [-0.2, -0.15) is 5.26 Å². The van der Waals surface area contributed by atoms with Crippen molar-refractivity contribution in [1.29, 1.82) is 5.26 Å². The molecule has 0 unspecified atom stereocenters. The van der Waals surface area contributed by atoms with Crippen molar-refractivity contribution >= 4 is 45.6 Å². The van der Waals surface area contributed by atoms with Crippen molar-refractivity contribution in [2.45, 2.75) is 14.4 Å². The lowest BCUT2D eigenvalue weighted by molar-refractivity contribution is 0.0515. The second-order valence-corrected chi connectivity index (χ2v) is 5.24. The second-order valence-electron chi connectivity index (χ2n) is 4.45. The van der Waals surface area contributed by atoms with Crippen molar-refractivity contribution in [2.75, 3.05) is 6.61 Å². The lowest BCUT2D eigenvalue weighted by atomic mass is 10.0. The lowest BCUT2D eigenvalue weighted by Gasteiger charge is -2.06. The van der Waals surface area contributed by atoms with E-state index in [1.165, 1.54) is 0 Å². The number of aromatic nitrogens is 1. The Morgan fingerprint density at radius 2 is 2.13 bits per heavy atom. The molecule has 1 heterocycles. The topological polar surface area (TPSA) is 81.0 Å². The van der Waals surface area contributed by atoms with Crippen molar-refractivity contribution in [3.05, 3.63) is 39.6 Å². The summed E-state index contributed by atoms with van der Waals surface area (Å²) in [6.07, 6.45) is 1.15. The van der Waals surface area contributed by atoms with Crippen LogP contribution in [0.3, 0.4) is 0 Å². The molecule has 23 heavy (non-hydrogen) atoms. The molecule has 0 fully saturated rings. The van der Waals surface area contributed by atoms with E-state index >= 15 is 0 Å². The van der Waals surface area contributed by atoms with Crippen molar-refractivity contribution in [3.8, 4) is 6.07 Å². The number of hydrogen-bond acceptors (Lipinski definition) is 4. The molecule has 7 heteroatoms. The highest BCUT2D eigenvalue weighted by Crippen LogP contribution is 2.38. The van der Waals surface area contributed by atoms with Crippen LogP contribution < -0.4 is 5.73 Å². The van der Waals surface area contributed by atoms with Crippen LogP contribution in [-0.4, -0.2) is 17.1 Å². The van der Waals surface area contributed by atoms with Gasteiger partial charge in [0.1, 0.15) is 11.8 Å². The van der Waals surface area contributed by atoms with Gasteiger partial charge in [0.15, 0.2) is 0 Å². The van der Waals surface area contributed by atoms with Crippen LogP contribution in [-0.2, 0) is 11.8 Å². The fourth-order valence-corrected chi connectivity index (χ4v) is 2.81. The first-order chi connectivity index (χ1) is 10.5. The van der Waals surface area contributed by atoms with Gasteiger partial charge in [-0.15, -0.1) is 0 Å². The summed E-state index contributed by atoms with van der Waals surface area (Å²) in [7, 11) is 1.66. The number of aryl methyl sites for hydroxylation is 1. The standard InChI is InChI=1S/C15H13Cl2N3O2.CH4/c1-3-22-15(21)14-11(8(6-18)7-19)9-4-5-10(16)12(17)13(9)20(14)2;/h4-6H,3,18H2,1-2H3;1H4/b8-6-;. The number of nitrogens with zero attached hydrogens (tertiary/aromatic N) is 2. The second kappa shape index (κ2) is 7.40. The van der Waals surface area contributed by atoms with E-state index in [0.29, 0.717) is 26.5 Å². The lowest BCUT2D eigenvalue weighted by Crippen LogP contribution is -2.12. The highest BCUT2D eigenvalue weighted by molar-refractivity contribution is 6.45. The van der Waals surface area contributed by atoms with Crippen molar-refractivity contribution in [2.24, 2.45) is 12.8 Å². The third-order valence-corrected chi connectivity index (χ3v) is 4.07. The first-order valence-corrected chi connectivity index (χ1v) is 7.19. The normalized spacial score (nSPS) is 11.0. The molecule has 0 aliphatic heterocycles. The molecule has 122 valence electrons. The average Bonchev–Trinajstić information content (AvgIpc) is 2.78. The minimum Gasteiger partial charge on any atom is -0.461 e. The van der Waals surface area contributed by atoms with E-state index in [1.54, 1.807) is 30.7 Å². The van der Waals surface area contributed by atoms with Crippen LogP contribution in [0.2, 0.25) is 10.0 Å². The van der Waals surface area contributed by atoms with E-state index in [9.17, 15) is 10.1 Å². The zero-order chi connectivity index (χ0) is 16.4. The Morgan fingerprint density at radius 3 is 2.65 bits per heavy atom. The Hall–Kier alpha value is -2.16. The quantitative estimate of drug-likeness (QED) is 0.664. The van der Waals surface area contributed by atoms with Gasteiger partial charge in [-0.1, -0.05) is 36.7 Å². The number of ether oxygens (including phenoxy) is 1. The van der Waals surface area contributed by atoms with Gasteiger partial charge in [-0.05, 0) is 13.0 Å². The third-order valence-electron chi connectivity index (χ3n) is 3.27. The number of halogens is 2. The van der Waals surface area contributed by atoms with E-state index < -0.39 is 5.97 Å². The predicted molar refractivity (Wildman–Crippen MR) is 93.4 cm³/mol. The van der Waals surface area contributed by atoms with Crippen molar-refractivity contribution in [3.63, 3.8) is 0 Å². The molecule has 2 rings (SSSR count). The largest absolute Gasteiger partial charge is 0.461 e. The van der Waals surface area contributed by atoms with Crippen LogP contribution in [0.4, 0.5) is 0 Å². The molecule has 2 N–H and O–H groups in total. The smallest absolute Gasteiger partial charge is 0.355 e. The Balaban J connectivity index is 0.00000264. The minimum absolute atomic E-state index is 0. The molecular formula is C16H17Cl2N3O2. The predicted octanol–water partition coefficient (Wildman–Crippen LogP) is 4.12. The van der Waals surface area contributed by atoms with Gasteiger partial charge in [0.25, 0.3) is 0 Å². The third kappa shape index (κ3) is 3.00. The SMILES string of the molecule is C.CCOC(=O)c1c(/C(C#N)=C\N)c2ccc(Cl)c(Cl)c2n1C. The highest BCUT2D eigenvalue weighted by atomic mass is 35.5. The molecule has 1 aromatic heterocycles. The number of fused-ring (bicyclic) bond motifs is 1. The minimum atomic E-state index is -0.557. The van der Waals surface area contributed by atoms with E-state index in [-0.39, 0.29) is 25.3 Å². The summed E-state index contributed by atoms with van der Waals surface area (Å²) in [5.41, 5.74) is 6.82. The van der Waals surface area contributed by atoms with Crippen LogP contribution in [0.5, 0.6) is 0 Å². The molecule has 5 nitrogen and oxygen atoms in total. The van der Waals surface area contributed by atoms with E-state index in [0.717, 1.165) is 6.20 Å². The zero-order valence-corrected chi connectivity index (χ0v) is 13.5. The van der Waals surface area contributed by atoms with Crippen LogP contribution in [0.1, 0.15) is 30.4 Å². The van der Waals surface area contributed by atoms with Crippen molar-refractivity contribution in [1.82, 2.24) is 4.57 Å². The van der Waals surface area contributed by atoms with Crippen LogP contribution in [0, 0.1) is 11.3 Å². The number of esters is 1. The summed E-state index contributed by atoms with van der Waals surface area (Å²) < 4.78 is 6.64. The average molecular weight is 354 g/mol. The zero-order valence-electron chi connectivity index (χ0n) is 12.0. The maximum atomic E-state index is 12.3. The molecule has 0 saturated heterocycles. The van der Waals surface area contributed by atoms with Gasteiger partial charge in [0.05, 0.1) is 27.7 Å². The molecule has 2 aromatic rings. The molecule has 1 aromatic carbocycles. The number of benzene rings is 1. The maximum absolute atomic E-state index is 12.3. The first kappa shape index (κ1) is 18.9. The van der Waals surface area contributed by atoms with Gasteiger partial charge in [0, 0.05) is 24.2 Å². The van der Waals surface area contributed by atoms with Gasteiger partial charge in [-0.25, -0.2) is 4.79 Å². The molecule has 0 aliphatic rings. The summed E-state index contributed by atoms with van der Waals surface area (Å²) in [5, 5.41) is 10.6. The fraction of sp³-hybridized carbons (Fsp3) is 0.250. The molecular weight excluding hydrogens is 337 g/mol. The van der Waals surface area contributed by atoms with Gasteiger partial charge < -0.3 is 15.0 Å². The number of hydrogen-bond donors (Lipinski definition) is 1. The summed E-state index contributed by atoms with van der Waals surface area (Å²) in [6, 6.07) is 5.29. The molecule has 0 atom stereocenters. The van der Waals surface area contributed by atoms with Crippen LogP contribution >= 0.6 is 23.2 Å². The monoisotopic (exact) mass is 353 g/mol. The molecule has 0 saturated carbocycles. The van der Waals surface area contributed by atoms with E-state index in [1.807, 2.05) is 6.07 Å². The molecule has 0 bridgehead atoms. The molecule has 0 radical (unpaired) electrons.